The Kier molecular flexibility index (Phi) is 10.1. The van der Waals surface area contributed by atoms with Gasteiger partial charge < -0.3 is 20.6 Å². The van der Waals surface area contributed by atoms with Gasteiger partial charge in [0.25, 0.3) is 0 Å². The summed E-state index contributed by atoms with van der Waals surface area (Å²) >= 11 is 0. The normalized spacial score (nSPS) is 13.7. The number of aliphatic carboxylic acids is 1. The summed E-state index contributed by atoms with van der Waals surface area (Å²) in [5.41, 5.74) is 2.52. The molecule has 0 saturated heterocycles. The first-order valence-electron chi connectivity index (χ1n) is 11.9. The lowest BCUT2D eigenvalue weighted by Gasteiger charge is -2.24. The van der Waals surface area contributed by atoms with Gasteiger partial charge in [-0.3, -0.25) is 0 Å². The van der Waals surface area contributed by atoms with Crippen molar-refractivity contribution in [2.24, 2.45) is 0 Å². The second-order valence-corrected chi connectivity index (χ2v) is 8.55. The highest BCUT2D eigenvalue weighted by Crippen LogP contribution is 2.20. The van der Waals surface area contributed by atoms with Crippen molar-refractivity contribution in [3.63, 3.8) is 0 Å². The number of alkyl halides is 2. The third-order valence-corrected chi connectivity index (χ3v) is 5.89. The van der Waals surface area contributed by atoms with E-state index >= 15 is 0 Å². The number of fused-ring (bicyclic) bond motifs is 1. The van der Waals surface area contributed by atoms with E-state index in [-0.39, 0.29) is 30.9 Å². The zero-order valence-electron chi connectivity index (χ0n) is 19.6. The van der Waals surface area contributed by atoms with Crippen molar-refractivity contribution >= 4 is 17.7 Å². The van der Waals surface area contributed by atoms with E-state index in [0.29, 0.717) is 13.1 Å². The van der Waals surface area contributed by atoms with Gasteiger partial charge in [-0.25, -0.2) is 28.5 Å². The Hall–Kier alpha value is -3.39. The number of aryl methyl sites for hydroxylation is 2. The van der Waals surface area contributed by atoms with Gasteiger partial charge in [0.05, 0.1) is 18.0 Å². The zero-order valence-corrected chi connectivity index (χ0v) is 19.6. The van der Waals surface area contributed by atoms with Crippen molar-refractivity contribution in [2.75, 3.05) is 36.8 Å². The second-order valence-electron chi connectivity index (χ2n) is 8.55. The van der Waals surface area contributed by atoms with Crippen LogP contribution < -0.4 is 10.6 Å². The molecule has 0 amide bonds. The van der Waals surface area contributed by atoms with Crippen molar-refractivity contribution < 1.29 is 18.7 Å². The number of anilines is 2. The highest BCUT2D eigenvalue weighted by Gasteiger charge is 2.20. The Morgan fingerprint density at radius 2 is 1.97 bits per heavy atom. The van der Waals surface area contributed by atoms with Gasteiger partial charge in [0.2, 0.25) is 12.4 Å². The van der Waals surface area contributed by atoms with Crippen molar-refractivity contribution in [3.8, 4) is 6.07 Å². The summed E-state index contributed by atoms with van der Waals surface area (Å²) in [6, 6.07) is 5.09. The molecule has 1 aliphatic rings. The van der Waals surface area contributed by atoms with Crippen LogP contribution in [0.2, 0.25) is 0 Å². The summed E-state index contributed by atoms with van der Waals surface area (Å²) in [6.07, 6.45) is 4.72. The first kappa shape index (κ1) is 26.2. The number of hydrogen-bond donors (Lipinski definition) is 3. The van der Waals surface area contributed by atoms with Crippen LogP contribution in [0.4, 0.5) is 20.5 Å². The maximum absolute atomic E-state index is 12.8. The molecule has 9 nitrogen and oxygen atoms in total. The van der Waals surface area contributed by atoms with E-state index in [1.54, 1.807) is 0 Å². The lowest BCUT2D eigenvalue weighted by Crippen LogP contribution is -2.36. The van der Waals surface area contributed by atoms with Gasteiger partial charge in [0.15, 0.2) is 0 Å². The van der Waals surface area contributed by atoms with Crippen LogP contribution in [-0.4, -0.2) is 69.6 Å². The third kappa shape index (κ3) is 8.72. The van der Waals surface area contributed by atoms with E-state index in [9.17, 15) is 18.7 Å². The highest BCUT2D eigenvalue weighted by atomic mass is 19.3. The fourth-order valence-corrected chi connectivity index (χ4v) is 3.95. The minimum Gasteiger partial charge on any atom is -0.480 e. The molecule has 0 radical (unpaired) electrons. The molecular formula is C24H31F2N7O2. The molecule has 3 N–H and O–H groups in total. The summed E-state index contributed by atoms with van der Waals surface area (Å²) in [4.78, 5) is 26.2. The topological polar surface area (TPSA) is 127 Å². The van der Waals surface area contributed by atoms with E-state index in [0.717, 1.165) is 50.2 Å². The van der Waals surface area contributed by atoms with Crippen LogP contribution in [0, 0.1) is 11.3 Å². The fourth-order valence-electron chi connectivity index (χ4n) is 3.95. The lowest BCUT2D eigenvalue weighted by atomic mass is 10.1. The summed E-state index contributed by atoms with van der Waals surface area (Å²) in [5, 5.41) is 24.5. The van der Waals surface area contributed by atoms with Crippen LogP contribution >= 0.6 is 0 Å². The number of nitrogens with zero attached hydrogens (tertiary/aromatic N) is 5. The summed E-state index contributed by atoms with van der Waals surface area (Å²) in [5.74, 6) is -0.0211. The number of unbranched alkanes of at least 4 members (excludes halogenated alkanes) is 1. The quantitative estimate of drug-likeness (QED) is 0.344. The molecule has 1 atom stereocenters. The second kappa shape index (κ2) is 13.5. The van der Waals surface area contributed by atoms with Gasteiger partial charge in [0, 0.05) is 31.7 Å². The summed E-state index contributed by atoms with van der Waals surface area (Å²) in [7, 11) is 0. The van der Waals surface area contributed by atoms with Crippen molar-refractivity contribution in [3.05, 3.63) is 41.3 Å². The number of pyridine rings is 1. The molecule has 0 spiro atoms. The Balaban J connectivity index is 1.49. The average Bonchev–Trinajstić information content (AvgIpc) is 2.86. The van der Waals surface area contributed by atoms with Crippen LogP contribution in [0.15, 0.2) is 24.5 Å². The number of carbonyl (C=O) groups is 1. The monoisotopic (exact) mass is 487 g/mol. The smallest absolute Gasteiger partial charge is 0.326 e. The first-order chi connectivity index (χ1) is 16.9. The molecule has 188 valence electrons. The van der Waals surface area contributed by atoms with Gasteiger partial charge in [-0.2, -0.15) is 5.26 Å². The fraction of sp³-hybridized carbons (Fsp3) is 0.542. The Bertz CT molecular complexity index is 998. The van der Waals surface area contributed by atoms with E-state index in [4.69, 9.17) is 10.2 Å². The summed E-state index contributed by atoms with van der Waals surface area (Å²) < 4.78 is 25.7. The van der Waals surface area contributed by atoms with E-state index in [2.05, 4.69) is 32.7 Å². The van der Waals surface area contributed by atoms with Gasteiger partial charge in [-0.05, 0) is 56.7 Å². The Morgan fingerprint density at radius 3 is 2.69 bits per heavy atom. The number of carboxylic acid groups (broad SMARTS) is 1. The molecular weight excluding hydrogens is 456 g/mol. The molecule has 11 heteroatoms. The van der Waals surface area contributed by atoms with Crippen LogP contribution in [0.5, 0.6) is 0 Å². The molecule has 3 rings (SSSR count). The maximum atomic E-state index is 12.8. The molecule has 0 aliphatic carbocycles. The number of hydrogen-bond acceptors (Lipinski definition) is 8. The average molecular weight is 488 g/mol. The standard InChI is InChI=1S/C24H31F2N7O2/c25-21(26)9-13-33(11-2-1-5-19-7-6-18-4-3-10-28-22(18)31-19)12-8-20(23(34)35)32-24-29-15-17(14-27)16-30-24/h6-7,15-16,20-21H,1-5,8-13H2,(H,28,31)(H,34,35)(H,29,30,32). The SMILES string of the molecule is N#Cc1cnc(NC(CCN(CCCCc2ccc3c(n2)NCCC3)CCC(F)F)C(=O)O)nc1. The maximum Gasteiger partial charge on any atom is 0.326 e. The predicted octanol–water partition coefficient (Wildman–Crippen LogP) is 3.34. The Morgan fingerprint density at radius 1 is 1.20 bits per heavy atom. The summed E-state index contributed by atoms with van der Waals surface area (Å²) in [6.45, 7) is 2.06. The Labute approximate surface area is 203 Å². The van der Waals surface area contributed by atoms with Crippen LogP contribution in [0.1, 0.15) is 48.9 Å². The molecule has 0 aromatic carbocycles. The highest BCUT2D eigenvalue weighted by molar-refractivity contribution is 5.76. The molecule has 0 fully saturated rings. The van der Waals surface area contributed by atoms with Gasteiger partial charge in [-0.1, -0.05) is 6.07 Å². The number of rotatable bonds is 14. The van der Waals surface area contributed by atoms with Crippen molar-refractivity contribution in [2.45, 2.75) is 57.4 Å². The molecule has 35 heavy (non-hydrogen) atoms. The van der Waals surface area contributed by atoms with Crippen LogP contribution in [-0.2, 0) is 17.6 Å². The number of carboxylic acids is 1. The first-order valence-corrected chi connectivity index (χ1v) is 11.9. The van der Waals surface area contributed by atoms with Gasteiger partial charge in [0.1, 0.15) is 17.9 Å². The van der Waals surface area contributed by atoms with E-state index in [1.807, 2.05) is 11.0 Å². The molecule has 1 unspecified atom stereocenters. The van der Waals surface area contributed by atoms with Gasteiger partial charge in [-0.15, -0.1) is 0 Å². The third-order valence-electron chi connectivity index (χ3n) is 5.89. The molecule has 0 saturated carbocycles. The number of nitrogens with one attached hydrogen (secondary N) is 2. The lowest BCUT2D eigenvalue weighted by molar-refractivity contribution is -0.138. The van der Waals surface area contributed by atoms with Crippen LogP contribution in [0.25, 0.3) is 0 Å². The van der Waals surface area contributed by atoms with Crippen molar-refractivity contribution in [1.82, 2.24) is 19.9 Å². The van der Waals surface area contributed by atoms with Crippen LogP contribution in [0.3, 0.4) is 0 Å². The number of nitriles is 1. The largest absolute Gasteiger partial charge is 0.480 e. The molecule has 0 bridgehead atoms. The minimum absolute atomic E-state index is 0.0996. The van der Waals surface area contributed by atoms with E-state index < -0.39 is 18.4 Å². The number of aromatic nitrogens is 3. The van der Waals surface area contributed by atoms with Gasteiger partial charge >= 0.3 is 5.97 Å². The predicted molar refractivity (Wildman–Crippen MR) is 127 cm³/mol. The molecule has 2 aromatic rings. The molecule has 2 aromatic heterocycles. The van der Waals surface area contributed by atoms with E-state index in [1.165, 1.54) is 18.0 Å². The molecule has 1 aliphatic heterocycles. The number of halogens is 2. The zero-order chi connectivity index (χ0) is 25.0. The minimum atomic E-state index is -2.41. The molecule has 3 heterocycles. The van der Waals surface area contributed by atoms with Crippen molar-refractivity contribution in [1.29, 1.82) is 5.26 Å².